The van der Waals surface area contributed by atoms with Gasteiger partial charge in [-0.15, -0.1) is 0 Å². The van der Waals surface area contributed by atoms with Crippen LogP contribution in [0.2, 0.25) is 0 Å². The fourth-order valence-corrected chi connectivity index (χ4v) is 2.16. The number of carbonyl (C=O) groups excluding carboxylic acids is 1. The Morgan fingerprint density at radius 2 is 2.05 bits per heavy atom. The standard InChI is InChI=1S/C15H18N2O3/c1-2-3-8-16-14(18)10-17-12-7-5-4-6-11(12)9-13(17)15(19)20/h4-7,9H,2-3,8,10H2,1H3,(H,16,18)(H,19,20). The van der Waals surface area contributed by atoms with Crippen molar-refractivity contribution < 1.29 is 14.7 Å². The van der Waals surface area contributed by atoms with E-state index in [1.54, 1.807) is 10.6 Å². The number of unbranched alkanes of at least 4 members (excludes halogenated alkanes) is 1. The predicted octanol–water partition coefficient (Wildman–Crippen LogP) is 2.26. The number of aromatic carboxylic acids is 1. The highest BCUT2D eigenvalue weighted by molar-refractivity contribution is 5.95. The van der Waals surface area contributed by atoms with Crippen LogP contribution in [0.15, 0.2) is 30.3 Å². The Morgan fingerprint density at radius 1 is 1.30 bits per heavy atom. The second-order valence-electron chi connectivity index (χ2n) is 4.68. The normalized spacial score (nSPS) is 10.7. The van der Waals surface area contributed by atoms with E-state index in [1.165, 1.54) is 0 Å². The minimum absolute atomic E-state index is 0.0266. The SMILES string of the molecule is CCCCNC(=O)Cn1c(C(=O)O)cc2ccccc21. The molecule has 0 radical (unpaired) electrons. The molecule has 2 aromatic rings. The van der Waals surface area contributed by atoms with Gasteiger partial charge >= 0.3 is 5.97 Å². The van der Waals surface area contributed by atoms with E-state index in [-0.39, 0.29) is 18.1 Å². The summed E-state index contributed by atoms with van der Waals surface area (Å²) in [5.74, 6) is -1.19. The second-order valence-corrected chi connectivity index (χ2v) is 4.68. The van der Waals surface area contributed by atoms with Gasteiger partial charge in [0.05, 0.1) is 0 Å². The summed E-state index contributed by atoms with van der Waals surface area (Å²) in [6.45, 7) is 2.70. The van der Waals surface area contributed by atoms with Gasteiger partial charge in [0.2, 0.25) is 5.91 Å². The maximum absolute atomic E-state index is 11.9. The topological polar surface area (TPSA) is 71.3 Å². The molecule has 0 fully saturated rings. The number of carbonyl (C=O) groups is 2. The Balaban J connectivity index is 2.25. The number of carboxylic acid groups (broad SMARTS) is 1. The van der Waals surface area contributed by atoms with Gasteiger partial charge < -0.3 is 15.0 Å². The average Bonchev–Trinajstić information content (AvgIpc) is 2.78. The molecule has 5 nitrogen and oxygen atoms in total. The van der Waals surface area contributed by atoms with Gasteiger partial charge in [0.15, 0.2) is 0 Å². The smallest absolute Gasteiger partial charge is 0.352 e. The van der Waals surface area contributed by atoms with Gasteiger partial charge in [-0.2, -0.15) is 0 Å². The average molecular weight is 274 g/mol. The number of benzene rings is 1. The monoisotopic (exact) mass is 274 g/mol. The molecule has 2 rings (SSSR count). The third-order valence-electron chi connectivity index (χ3n) is 3.18. The molecule has 0 aliphatic rings. The van der Waals surface area contributed by atoms with Crippen LogP contribution < -0.4 is 5.32 Å². The predicted molar refractivity (Wildman–Crippen MR) is 76.8 cm³/mol. The highest BCUT2D eigenvalue weighted by Crippen LogP contribution is 2.19. The van der Waals surface area contributed by atoms with Crippen LogP contribution in [0.5, 0.6) is 0 Å². The lowest BCUT2D eigenvalue weighted by atomic mass is 10.2. The summed E-state index contributed by atoms with van der Waals surface area (Å²) in [7, 11) is 0. The van der Waals surface area contributed by atoms with Crippen molar-refractivity contribution in [2.45, 2.75) is 26.3 Å². The van der Waals surface area contributed by atoms with Gasteiger partial charge in [-0.25, -0.2) is 4.79 Å². The van der Waals surface area contributed by atoms with Crippen LogP contribution in [0.1, 0.15) is 30.3 Å². The summed E-state index contributed by atoms with van der Waals surface area (Å²) in [6, 6.07) is 8.93. The maximum Gasteiger partial charge on any atom is 0.352 e. The van der Waals surface area contributed by atoms with Gasteiger partial charge in [0.25, 0.3) is 0 Å². The van der Waals surface area contributed by atoms with Crippen LogP contribution >= 0.6 is 0 Å². The molecule has 0 atom stereocenters. The van der Waals surface area contributed by atoms with Gasteiger partial charge in [-0.1, -0.05) is 31.5 Å². The molecule has 0 saturated carbocycles. The number of para-hydroxylation sites is 1. The van der Waals surface area contributed by atoms with Crippen molar-refractivity contribution in [1.82, 2.24) is 9.88 Å². The van der Waals surface area contributed by atoms with Crippen molar-refractivity contribution >= 4 is 22.8 Å². The lowest BCUT2D eigenvalue weighted by molar-refractivity contribution is -0.121. The van der Waals surface area contributed by atoms with Crippen molar-refractivity contribution in [2.75, 3.05) is 6.54 Å². The van der Waals surface area contributed by atoms with E-state index in [2.05, 4.69) is 5.32 Å². The van der Waals surface area contributed by atoms with E-state index >= 15 is 0 Å². The van der Waals surface area contributed by atoms with Crippen molar-refractivity contribution in [1.29, 1.82) is 0 Å². The summed E-state index contributed by atoms with van der Waals surface area (Å²) in [5, 5.41) is 12.9. The molecule has 0 aliphatic heterocycles. The fraction of sp³-hybridized carbons (Fsp3) is 0.333. The number of amides is 1. The summed E-state index contributed by atoms with van der Waals surface area (Å²) in [4.78, 5) is 23.2. The van der Waals surface area contributed by atoms with E-state index in [1.807, 2.05) is 31.2 Å². The Morgan fingerprint density at radius 3 is 2.75 bits per heavy atom. The highest BCUT2D eigenvalue weighted by atomic mass is 16.4. The third kappa shape index (κ3) is 2.99. The molecule has 0 unspecified atom stereocenters. The van der Waals surface area contributed by atoms with Gasteiger partial charge in [0.1, 0.15) is 12.2 Å². The number of carboxylic acids is 1. The molecule has 0 bridgehead atoms. The first-order valence-electron chi connectivity index (χ1n) is 6.71. The lowest BCUT2D eigenvalue weighted by Crippen LogP contribution is -2.29. The molecule has 0 saturated heterocycles. The number of fused-ring (bicyclic) bond motifs is 1. The molecule has 1 amide bonds. The Kier molecular flexibility index (Phi) is 4.40. The van der Waals surface area contributed by atoms with E-state index < -0.39 is 5.97 Å². The Labute approximate surface area is 117 Å². The first kappa shape index (κ1) is 14.1. The van der Waals surface area contributed by atoms with Crippen LogP contribution in [0.25, 0.3) is 10.9 Å². The lowest BCUT2D eigenvalue weighted by Gasteiger charge is -2.09. The van der Waals surface area contributed by atoms with E-state index in [9.17, 15) is 14.7 Å². The summed E-state index contributed by atoms with van der Waals surface area (Å²) < 4.78 is 1.54. The largest absolute Gasteiger partial charge is 0.477 e. The summed E-state index contributed by atoms with van der Waals surface area (Å²) in [5.41, 5.74) is 0.896. The molecule has 5 heteroatoms. The van der Waals surface area contributed by atoms with Crippen LogP contribution in [0.3, 0.4) is 0 Å². The van der Waals surface area contributed by atoms with Crippen LogP contribution in [0, 0.1) is 0 Å². The zero-order valence-corrected chi connectivity index (χ0v) is 11.4. The Bertz CT molecular complexity index is 631. The molecule has 0 spiro atoms. The zero-order chi connectivity index (χ0) is 14.5. The van der Waals surface area contributed by atoms with Crippen molar-refractivity contribution in [2.24, 2.45) is 0 Å². The quantitative estimate of drug-likeness (QED) is 0.794. The fourth-order valence-electron chi connectivity index (χ4n) is 2.16. The first-order valence-corrected chi connectivity index (χ1v) is 6.71. The van der Waals surface area contributed by atoms with E-state index in [0.29, 0.717) is 6.54 Å². The van der Waals surface area contributed by atoms with Crippen LogP contribution in [-0.2, 0) is 11.3 Å². The van der Waals surface area contributed by atoms with Crippen molar-refractivity contribution in [3.8, 4) is 0 Å². The second kappa shape index (κ2) is 6.23. The third-order valence-corrected chi connectivity index (χ3v) is 3.18. The van der Waals surface area contributed by atoms with Gasteiger partial charge in [-0.3, -0.25) is 4.79 Å². The molecular formula is C15H18N2O3. The minimum Gasteiger partial charge on any atom is -0.477 e. The molecule has 1 aromatic heterocycles. The van der Waals surface area contributed by atoms with Crippen molar-refractivity contribution in [3.05, 3.63) is 36.0 Å². The zero-order valence-electron chi connectivity index (χ0n) is 11.4. The number of hydrogen-bond donors (Lipinski definition) is 2. The molecular weight excluding hydrogens is 256 g/mol. The highest BCUT2D eigenvalue weighted by Gasteiger charge is 2.16. The molecule has 0 aliphatic carbocycles. The number of aromatic nitrogens is 1. The molecule has 106 valence electrons. The van der Waals surface area contributed by atoms with Crippen molar-refractivity contribution in [3.63, 3.8) is 0 Å². The van der Waals surface area contributed by atoms with Gasteiger partial charge in [-0.05, 0) is 18.6 Å². The molecule has 1 aromatic carbocycles. The number of nitrogens with zero attached hydrogens (tertiary/aromatic N) is 1. The van der Waals surface area contributed by atoms with E-state index in [4.69, 9.17) is 0 Å². The van der Waals surface area contributed by atoms with Crippen LogP contribution in [0.4, 0.5) is 0 Å². The van der Waals surface area contributed by atoms with Crippen LogP contribution in [-0.4, -0.2) is 28.1 Å². The first-order chi connectivity index (χ1) is 9.63. The molecule has 1 heterocycles. The molecule has 20 heavy (non-hydrogen) atoms. The maximum atomic E-state index is 11.9. The molecule has 2 N–H and O–H groups in total. The summed E-state index contributed by atoms with van der Waals surface area (Å²) in [6.07, 6.45) is 1.93. The minimum atomic E-state index is -1.03. The number of hydrogen-bond acceptors (Lipinski definition) is 2. The van der Waals surface area contributed by atoms with E-state index in [0.717, 1.165) is 23.7 Å². The summed E-state index contributed by atoms with van der Waals surface area (Å²) >= 11 is 0. The number of nitrogens with one attached hydrogen (secondary N) is 1. The van der Waals surface area contributed by atoms with Gasteiger partial charge in [0, 0.05) is 17.4 Å². The Hall–Kier alpha value is -2.30. The number of rotatable bonds is 6.